The molecule has 0 unspecified atom stereocenters. The van der Waals surface area contributed by atoms with Crippen molar-refractivity contribution in [1.29, 1.82) is 0 Å². The number of hydrogen-bond donors (Lipinski definition) is 1. The van der Waals surface area contributed by atoms with Crippen LogP contribution in [0.5, 0.6) is 0 Å². The third-order valence-electron chi connectivity index (χ3n) is 5.59. The predicted octanol–water partition coefficient (Wildman–Crippen LogP) is 5.61. The first kappa shape index (κ1) is 25.6. The van der Waals surface area contributed by atoms with Crippen LogP contribution in [0, 0.1) is 0 Å². The van der Waals surface area contributed by atoms with Crippen LogP contribution >= 0.6 is 11.8 Å². The van der Waals surface area contributed by atoms with E-state index in [4.69, 9.17) is 0 Å². The summed E-state index contributed by atoms with van der Waals surface area (Å²) in [6.07, 6.45) is 1.45. The Morgan fingerprint density at radius 2 is 1.50 bits per heavy atom. The van der Waals surface area contributed by atoms with Gasteiger partial charge in [0.15, 0.2) is 5.78 Å². The van der Waals surface area contributed by atoms with Crippen molar-refractivity contribution >= 4 is 44.9 Å². The summed E-state index contributed by atoms with van der Waals surface area (Å²) in [5.74, 6) is -0.555. The number of sulfonamides is 1. The van der Waals surface area contributed by atoms with Crippen molar-refractivity contribution in [3.05, 3.63) is 107 Å². The van der Waals surface area contributed by atoms with Crippen molar-refractivity contribution in [2.24, 2.45) is 4.40 Å². The van der Waals surface area contributed by atoms with Gasteiger partial charge in [0, 0.05) is 16.8 Å². The Balaban J connectivity index is 1.62. The van der Waals surface area contributed by atoms with Crippen molar-refractivity contribution in [3.63, 3.8) is 0 Å². The van der Waals surface area contributed by atoms with Gasteiger partial charge in [0.2, 0.25) is 5.91 Å². The van der Waals surface area contributed by atoms with Gasteiger partial charge < -0.3 is 5.32 Å². The van der Waals surface area contributed by atoms with E-state index in [1.54, 1.807) is 60.7 Å². The molecular weight excluding hydrogens is 492 g/mol. The van der Waals surface area contributed by atoms with E-state index in [1.807, 2.05) is 18.2 Å². The zero-order valence-electron chi connectivity index (χ0n) is 20.2. The number of nitrogens with zero attached hydrogens (tertiary/aromatic N) is 1. The number of allylic oxidation sites excluding steroid dienone is 2. The van der Waals surface area contributed by atoms with Crippen LogP contribution in [-0.2, 0) is 20.2 Å². The molecule has 8 heteroatoms. The fourth-order valence-electron chi connectivity index (χ4n) is 3.66. The fourth-order valence-corrected chi connectivity index (χ4v) is 5.45. The van der Waals surface area contributed by atoms with Gasteiger partial charge in [-0.3, -0.25) is 9.59 Å². The third-order valence-corrected chi connectivity index (χ3v) is 7.92. The normalized spacial score (nSPS) is 14.8. The van der Waals surface area contributed by atoms with Crippen molar-refractivity contribution in [1.82, 2.24) is 0 Å². The number of benzene rings is 3. The summed E-state index contributed by atoms with van der Waals surface area (Å²) in [5.41, 5.74) is 2.51. The van der Waals surface area contributed by atoms with E-state index in [0.29, 0.717) is 16.8 Å². The quantitative estimate of drug-likeness (QED) is 0.458. The van der Waals surface area contributed by atoms with Crippen molar-refractivity contribution < 1.29 is 18.0 Å². The lowest BCUT2D eigenvalue weighted by molar-refractivity contribution is -0.113. The molecule has 0 bridgehead atoms. The molecule has 6 nitrogen and oxygen atoms in total. The Hall–Kier alpha value is -3.49. The van der Waals surface area contributed by atoms with E-state index < -0.39 is 10.0 Å². The Labute approximate surface area is 215 Å². The minimum atomic E-state index is -4.03. The van der Waals surface area contributed by atoms with Gasteiger partial charge >= 0.3 is 0 Å². The average Bonchev–Trinajstić information content (AvgIpc) is 2.85. The SMILES string of the molecule is CC(C)(C)c1ccc(S(=O)(=O)/N=C2\C=C(SCC(=O)Nc3ccccc3)C(=O)c3ccccc32)cc1. The van der Waals surface area contributed by atoms with Gasteiger partial charge in [0.05, 0.1) is 21.3 Å². The number of anilines is 1. The van der Waals surface area contributed by atoms with Crippen LogP contribution in [0.2, 0.25) is 0 Å². The first-order chi connectivity index (χ1) is 17.0. The Bertz CT molecular complexity index is 1470. The smallest absolute Gasteiger partial charge is 0.282 e. The zero-order chi connectivity index (χ0) is 25.9. The number of carbonyl (C=O) groups excluding carboxylic acids is 2. The molecule has 0 aromatic heterocycles. The van der Waals surface area contributed by atoms with Gasteiger partial charge in [0.1, 0.15) is 0 Å². The molecule has 1 N–H and O–H groups in total. The first-order valence-corrected chi connectivity index (χ1v) is 13.8. The summed E-state index contributed by atoms with van der Waals surface area (Å²) in [4.78, 5) is 25.8. The van der Waals surface area contributed by atoms with Gasteiger partial charge in [-0.05, 0) is 41.3 Å². The third kappa shape index (κ3) is 5.83. The summed E-state index contributed by atoms with van der Waals surface area (Å²) in [6.45, 7) is 6.16. The Morgan fingerprint density at radius 3 is 2.14 bits per heavy atom. The lowest BCUT2D eigenvalue weighted by Gasteiger charge is -2.19. The van der Waals surface area contributed by atoms with Crippen molar-refractivity contribution in [3.8, 4) is 0 Å². The number of thioether (sulfide) groups is 1. The number of hydrogen-bond acceptors (Lipinski definition) is 5. The molecule has 0 atom stereocenters. The van der Waals surface area contributed by atoms with Gasteiger partial charge in [0.25, 0.3) is 10.0 Å². The van der Waals surface area contributed by atoms with Crippen LogP contribution < -0.4 is 5.32 Å². The van der Waals surface area contributed by atoms with Crippen molar-refractivity contribution in [2.75, 3.05) is 11.1 Å². The average molecular weight is 519 g/mol. The predicted molar refractivity (Wildman–Crippen MR) is 145 cm³/mol. The molecule has 184 valence electrons. The molecule has 1 aliphatic rings. The molecule has 0 saturated heterocycles. The molecule has 0 saturated carbocycles. The molecular formula is C28H26N2O4S2. The molecule has 0 fully saturated rings. The number of para-hydroxylation sites is 1. The molecule has 4 rings (SSSR count). The van der Waals surface area contributed by atoms with Crippen LogP contribution in [-0.4, -0.2) is 31.6 Å². The summed E-state index contributed by atoms with van der Waals surface area (Å²) in [6, 6.07) is 22.4. The van der Waals surface area contributed by atoms with Gasteiger partial charge in [-0.2, -0.15) is 12.8 Å². The monoisotopic (exact) mass is 518 g/mol. The van der Waals surface area contributed by atoms with Gasteiger partial charge in [-0.15, -0.1) is 11.8 Å². The molecule has 0 radical (unpaired) electrons. The van der Waals surface area contributed by atoms with Crippen LogP contribution in [0.15, 0.2) is 99.1 Å². The maximum Gasteiger partial charge on any atom is 0.282 e. The highest BCUT2D eigenvalue weighted by molar-refractivity contribution is 8.04. The Kier molecular flexibility index (Phi) is 7.28. The number of fused-ring (bicyclic) bond motifs is 1. The lowest BCUT2D eigenvalue weighted by atomic mass is 9.87. The molecule has 3 aromatic carbocycles. The maximum absolute atomic E-state index is 13.2. The topological polar surface area (TPSA) is 92.7 Å². The first-order valence-electron chi connectivity index (χ1n) is 11.3. The van der Waals surface area contributed by atoms with Gasteiger partial charge in [-0.25, -0.2) is 0 Å². The number of rotatable bonds is 6. The highest BCUT2D eigenvalue weighted by atomic mass is 32.2. The Morgan fingerprint density at radius 1 is 0.889 bits per heavy atom. The zero-order valence-corrected chi connectivity index (χ0v) is 21.8. The fraction of sp³-hybridized carbons (Fsp3) is 0.179. The molecule has 1 aliphatic carbocycles. The van der Waals surface area contributed by atoms with E-state index >= 15 is 0 Å². The molecule has 3 aromatic rings. The van der Waals surface area contributed by atoms with E-state index in [1.165, 1.54) is 6.08 Å². The van der Waals surface area contributed by atoms with Crippen LogP contribution in [0.4, 0.5) is 5.69 Å². The molecule has 0 spiro atoms. The van der Waals surface area contributed by atoms with Gasteiger partial charge in [-0.1, -0.05) is 75.4 Å². The van der Waals surface area contributed by atoms with Crippen LogP contribution in [0.1, 0.15) is 42.3 Å². The highest BCUT2D eigenvalue weighted by Gasteiger charge is 2.27. The molecule has 36 heavy (non-hydrogen) atoms. The number of nitrogens with one attached hydrogen (secondary N) is 1. The lowest BCUT2D eigenvalue weighted by Crippen LogP contribution is -2.20. The number of carbonyl (C=O) groups is 2. The minimum absolute atomic E-state index is 0.0110. The van der Waals surface area contributed by atoms with E-state index in [9.17, 15) is 18.0 Å². The number of amides is 1. The second-order valence-electron chi connectivity index (χ2n) is 9.31. The number of Topliss-reactive ketones (excluding diaryl/α,β-unsaturated/α-hetero) is 1. The van der Waals surface area contributed by atoms with Crippen LogP contribution in [0.25, 0.3) is 0 Å². The second kappa shape index (κ2) is 10.2. The summed E-state index contributed by atoms with van der Waals surface area (Å²) in [7, 11) is -4.03. The van der Waals surface area contributed by atoms with E-state index in [2.05, 4.69) is 30.5 Å². The van der Waals surface area contributed by atoms with Crippen LogP contribution in [0.3, 0.4) is 0 Å². The summed E-state index contributed by atoms with van der Waals surface area (Å²) >= 11 is 1.05. The van der Waals surface area contributed by atoms with Crippen molar-refractivity contribution in [2.45, 2.75) is 31.1 Å². The second-order valence-corrected chi connectivity index (χ2v) is 11.9. The summed E-state index contributed by atoms with van der Waals surface area (Å²) in [5, 5.41) is 2.78. The molecule has 1 amide bonds. The molecule has 0 heterocycles. The maximum atomic E-state index is 13.2. The highest BCUT2D eigenvalue weighted by Crippen LogP contribution is 2.30. The standard InChI is InChI=1S/C28H26N2O4S2/c1-28(2,3)19-13-15-21(16-14-19)36(33,34)30-24-17-25(27(32)23-12-8-7-11-22(23)24)35-18-26(31)29-20-9-5-4-6-10-20/h4-17H,18H2,1-3H3,(H,29,31)/b30-24+. The summed E-state index contributed by atoms with van der Waals surface area (Å²) < 4.78 is 30.4. The molecule has 0 aliphatic heterocycles. The van der Waals surface area contributed by atoms with E-state index in [0.717, 1.165) is 17.3 Å². The number of ketones is 1. The van der Waals surface area contributed by atoms with E-state index in [-0.39, 0.29) is 38.4 Å². The largest absolute Gasteiger partial charge is 0.325 e. The minimum Gasteiger partial charge on any atom is -0.325 e.